The lowest BCUT2D eigenvalue weighted by molar-refractivity contribution is 0.631. The Morgan fingerprint density at radius 1 is 1.67 bits per heavy atom. The van der Waals surface area contributed by atoms with Gasteiger partial charge in [0.1, 0.15) is 0 Å². The minimum Gasteiger partial charge on any atom is -0.376 e. The molecule has 1 N–H and O–H groups in total. The van der Waals surface area contributed by atoms with Gasteiger partial charge in [-0.2, -0.15) is 0 Å². The van der Waals surface area contributed by atoms with Crippen LogP contribution in [0.2, 0.25) is 0 Å². The van der Waals surface area contributed by atoms with E-state index in [2.05, 4.69) is 23.3 Å². The van der Waals surface area contributed by atoms with Gasteiger partial charge in [0.15, 0.2) is 0 Å². The van der Waals surface area contributed by atoms with Crippen LogP contribution in [-0.2, 0) is 0 Å². The summed E-state index contributed by atoms with van der Waals surface area (Å²) < 4.78 is 0. The quantitative estimate of drug-likeness (QED) is 0.515. The molecule has 0 aliphatic carbocycles. The molecule has 0 radical (unpaired) electrons. The van der Waals surface area contributed by atoms with Crippen LogP contribution >= 0.6 is 0 Å². The summed E-state index contributed by atoms with van der Waals surface area (Å²) in [6.07, 6.45) is 6.90. The van der Waals surface area contributed by atoms with Crippen LogP contribution in [0.5, 0.6) is 0 Å². The maximum Gasteiger partial charge on any atom is 0.0878 e. The molecule has 1 rings (SSSR count). The third kappa shape index (κ3) is 2.31. The van der Waals surface area contributed by atoms with Gasteiger partial charge in [0.2, 0.25) is 0 Å². The molecular formula is C7H12N2. The maximum atomic E-state index is 3.96. The first-order chi connectivity index (χ1) is 4.39. The van der Waals surface area contributed by atoms with Crippen molar-refractivity contribution in [1.29, 1.82) is 0 Å². The average Bonchev–Trinajstić information content (AvgIpc) is 1.79. The molecule has 0 bridgehead atoms. The van der Waals surface area contributed by atoms with Gasteiger partial charge < -0.3 is 5.32 Å². The number of hydrogen-bond donors (Lipinski definition) is 1. The second-order valence-electron chi connectivity index (χ2n) is 2.34. The van der Waals surface area contributed by atoms with Crippen molar-refractivity contribution in [3.8, 4) is 0 Å². The smallest absolute Gasteiger partial charge is 0.0878 e. The van der Waals surface area contributed by atoms with Crippen LogP contribution in [-0.4, -0.2) is 12.9 Å². The molecule has 50 valence electrons. The number of allylic oxidation sites excluding steroid dienone is 1. The summed E-state index contributed by atoms with van der Waals surface area (Å²) in [5, 5.41) is 3.07. The van der Waals surface area contributed by atoms with Crippen molar-refractivity contribution in [1.82, 2.24) is 5.32 Å². The summed E-state index contributed by atoms with van der Waals surface area (Å²) in [5.41, 5.74) is 0. The summed E-state index contributed by atoms with van der Waals surface area (Å²) in [6, 6.07) is 0. The van der Waals surface area contributed by atoms with Crippen molar-refractivity contribution >= 4 is 6.34 Å². The monoisotopic (exact) mass is 124 g/mol. The fraction of sp³-hybridized carbons (Fsp3) is 0.571. The van der Waals surface area contributed by atoms with Crippen LogP contribution in [0.1, 0.15) is 13.3 Å². The Hall–Kier alpha value is -0.790. The summed E-state index contributed by atoms with van der Waals surface area (Å²) in [7, 11) is 0. The number of nitrogens with one attached hydrogen (secondary N) is 1. The van der Waals surface area contributed by atoms with Crippen LogP contribution in [0.3, 0.4) is 0 Å². The first kappa shape index (κ1) is 6.33. The van der Waals surface area contributed by atoms with E-state index in [1.54, 1.807) is 6.34 Å². The SMILES string of the molecule is CC1C=CN=CNCC1. The molecule has 1 aliphatic heterocycles. The maximum absolute atomic E-state index is 3.96. The zero-order valence-electron chi connectivity index (χ0n) is 5.67. The molecule has 1 heterocycles. The van der Waals surface area contributed by atoms with Gasteiger partial charge in [-0.25, -0.2) is 4.99 Å². The normalized spacial score (nSPS) is 26.6. The van der Waals surface area contributed by atoms with E-state index < -0.39 is 0 Å². The minimum absolute atomic E-state index is 0.662. The molecule has 2 nitrogen and oxygen atoms in total. The van der Waals surface area contributed by atoms with E-state index in [0.717, 1.165) is 6.54 Å². The average molecular weight is 124 g/mol. The molecule has 1 atom stereocenters. The topological polar surface area (TPSA) is 24.4 Å². The second-order valence-corrected chi connectivity index (χ2v) is 2.34. The molecular weight excluding hydrogens is 112 g/mol. The molecule has 0 aromatic rings. The van der Waals surface area contributed by atoms with Crippen LogP contribution in [0.15, 0.2) is 17.3 Å². The van der Waals surface area contributed by atoms with E-state index in [0.29, 0.717) is 5.92 Å². The van der Waals surface area contributed by atoms with Gasteiger partial charge in [0.25, 0.3) is 0 Å². The predicted octanol–water partition coefficient (Wildman–Crippen LogP) is 1.16. The van der Waals surface area contributed by atoms with E-state index in [1.165, 1.54) is 6.42 Å². The van der Waals surface area contributed by atoms with Crippen molar-refractivity contribution in [2.75, 3.05) is 6.54 Å². The Morgan fingerprint density at radius 2 is 2.56 bits per heavy atom. The third-order valence-electron chi connectivity index (χ3n) is 1.41. The largest absolute Gasteiger partial charge is 0.376 e. The highest BCUT2D eigenvalue weighted by Gasteiger charge is 1.95. The van der Waals surface area contributed by atoms with Gasteiger partial charge in [0, 0.05) is 12.7 Å². The zero-order chi connectivity index (χ0) is 6.53. The Kier molecular flexibility index (Phi) is 2.31. The molecule has 1 unspecified atom stereocenters. The third-order valence-corrected chi connectivity index (χ3v) is 1.41. The predicted molar refractivity (Wildman–Crippen MR) is 39.4 cm³/mol. The lowest BCUT2D eigenvalue weighted by Crippen LogP contribution is -2.15. The van der Waals surface area contributed by atoms with Crippen molar-refractivity contribution in [2.24, 2.45) is 10.9 Å². The van der Waals surface area contributed by atoms with Gasteiger partial charge in [-0.3, -0.25) is 0 Å². The molecule has 0 aromatic heterocycles. The lowest BCUT2D eigenvalue weighted by Gasteiger charge is -2.06. The van der Waals surface area contributed by atoms with E-state index in [9.17, 15) is 0 Å². The fourth-order valence-electron chi connectivity index (χ4n) is 0.764. The Labute approximate surface area is 55.7 Å². The highest BCUT2D eigenvalue weighted by atomic mass is 14.9. The van der Waals surface area contributed by atoms with Crippen molar-refractivity contribution in [3.05, 3.63) is 12.3 Å². The van der Waals surface area contributed by atoms with E-state index in [-0.39, 0.29) is 0 Å². The summed E-state index contributed by atoms with van der Waals surface area (Å²) in [6.45, 7) is 3.23. The number of aliphatic imine (C=N–C) groups is 1. The van der Waals surface area contributed by atoms with Crippen LogP contribution in [0.25, 0.3) is 0 Å². The lowest BCUT2D eigenvalue weighted by atomic mass is 10.1. The van der Waals surface area contributed by atoms with Gasteiger partial charge in [-0.1, -0.05) is 13.0 Å². The number of nitrogens with zero attached hydrogens (tertiary/aromatic N) is 1. The van der Waals surface area contributed by atoms with Crippen LogP contribution in [0.4, 0.5) is 0 Å². The van der Waals surface area contributed by atoms with Gasteiger partial charge in [-0.15, -0.1) is 0 Å². The highest BCUT2D eigenvalue weighted by Crippen LogP contribution is 2.02. The molecule has 2 heteroatoms. The van der Waals surface area contributed by atoms with Crippen molar-refractivity contribution in [2.45, 2.75) is 13.3 Å². The van der Waals surface area contributed by atoms with Crippen molar-refractivity contribution in [3.63, 3.8) is 0 Å². The molecule has 0 saturated heterocycles. The molecule has 0 spiro atoms. The molecule has 0 saturated carbocycles. The summed E-state index contributed by atoms with van der Waals surface area (Å²) in [4.78, 5) is 3.96. The minimum atomic E-state index is 0.662. The molecule has 1 aliphatic rings. The first-order valence-electron chi connectivity index (χ1n) is 3.31. The molecule has 9 heavy (non-hydrogen) atoms. The Morgan fingerprint density at radius 3 is 3.44 bits per heavy atom. The Bertz CT molecular complexity index is 127. The fourth-order valence-corrected chi connectivity index (χ4v) is 0.764. The van der Waals surface area contributed by atoms with E-state index in [4.69, 9.17) is 0 Å². The standard InChI is InChI=1S/C7H12N2/c1-7-2-4-8-6-9-5-3-7/h2,4,6-7H,3,5H2,1H3,(H,8,9). The highest BCUT2D eigenvalue weighted by molar-refractivity contribution is 5.55. The number of hydrogen-bond acceptors (Lipinski definition) is 2. The van der Waals surface area contributed by atoms with E-state index in [1.807, 2.05) is 6.20 Å². The summed E-state index contributed by atoms with van der Waals surface area (Å²) >= 11 is 0. The summed E-state index contributed by atoms with van der Waals surface area (Å²) in [5.74, 6) is 0.662. The van der Waals surface area contributed by atoms with Gasteiger partial charge in [-0.05, 0) is 12.3 Å². The zero-order valence-corrected chi connectivity index (χ0v) is 5.67. The van der Waals surface area contributed by atoms with E-state index >= 15 is 0 Å². The van der Waals surface area contributed by atoms with Crippen LogP contribution in [0, 0.1) is 5.92 Å². The molecule has 0 amide bonds. The Balaban J connectivity index is 2.44. The van der Waals surface area contributed by atoms with Crippen molar-refractivity contribution < 1.29 is 0 Å². The van der Waals surface area contributed by atoms with Crippen LogP contribution < -0.4 is 5.32 Å². The number of rotatable bonds is 0. The molecule has 0 aromatic carbocycles. The molecule has 0 fully saturated rings. The van der Waals surface area contributed by atoms with Gasteiger partial charge in [0.05, 0.1) is 6.34 Å². The first-order valence-corrected chi connectivity index (χ1v) is 3.31. The second kappa shape index (κ2) is 3.28. The van der Waals surface area contributed by atoms with Gasteiger partial charge >= 0.3 is 0 Å².